The van der Waals surface area contributed by atoms with Crippen LogP contribution in [0, 0.1) is 0 Å². The second-order valence-electron chi connectivity index (χ2n) is 3.39. The van der Waals surface area contributed by atoms with Crippen LogP contribution in [0.4, 0.5) is 0 Å². The minimum absolute atomic E-state index is 0.0674. The molecule has 6 heteroatoms. The minimum Gasteiger partial charge on any atom is -0.394 e. The van der Waals surface area contributed by atoms with Gasteiger partial charge in [-0.25, -0.2) is 4.68 Å². The first kappa shape index (κ1) is 13.2. The molecule has 0 bridgehead atoms. The Morgan fingerprint density at radius 1 is 1.38 bits per heavy atom. The second kappa shape index (κ2) is 8.29. The van der Waals surface area contributed by atoms with Crippen molar-refractivity contribution in [3.8, 4) is 0 Å². The average Bonchev–Trinajstić information content (AvgIpc) is 2.72. The Bertz CT molecular complexity index is 303. The zero-order valence-corrected chi connectivity index (χ0v) is 10.2. The lowest BCUT2D eigenvalue weighted by molar-refractivity contribution is 0.262. The van der Waals surface area contributed by atoms with Gasteiger partial charge < -0.3 is 5.11 Å². The van der Waals surface area contributed by atoms with Crippen molar-refractivity contribution in [2.45, 2.75) is 37.4 Å². The van der Waals surface area contributed by atoms with E-state index in [1.54, 1.807) is 16.4 Å². The number of nitrogens with zero attached hydrogens (tertiary/aromatic N) is 4. The molecule has 1 aromatic rings. The van der Waals surface area contributed by atoms with Gasteiger partial charge in [-0.3, -0.25) is 0 Å². The van der Waals surface area contributed by atoms with E-state index >= 15 is 0 Å². The molecule has 0 aromatic carbocycles. The highest BCUT2D eigenvalue weighted by Crippen LogP contribution is 2.16. The first-order valence-corrected chi connectivity index (χ1v) is 6.47. The van der Waals surface area contributed by atoms with Gasteiger partial charge >= 0.3 is 0 Å². The lowest BCUT2D eigenvalue weighted by Crippen LogP contribution is -2.05. The molecule has 0 aliphatic heterocycles. The van der Waals surface area contributed by atoms with Crippen LogP contribution in [0.25, 0.3) is 0 Å². The number of tetrazole rings is 1. The van der Waals surface area contributed by atoms with Crippen LogP contribution in [0.2, 0.25) is 0 Å². The SMILES string of the molecule is C=CCCCCCSc1nnnn1CCO. The second-order valence-corrected chi connectivity index (χ2v) is 4.46. The summed E-state index contributed by atoms with van der Waals surface area (Å²) in [6, 6.07) is 0. The highest BCUT2D eigenvalue weighted by molar-refractivity contribution is 7.99. The largest absolute Gasteiger partial charge is 0.394 e. The van der Waals surface area contributed by atoms with Crippen LogP contribution in [0.1, 0.15) is 25.7 Å². The Hall–Kier alpha value is -0.880. The highest BCUT2D eigenvalue weighted by Gasteiger charge is 2.04. The molecule has 5 nitrogen and oxygen atoms in total. The minimum atomic E-state index is 0.0674. The van der Waals surface area contributed by atoms with Gasteiger partial charge in [-0.2, -0.15) is 0 Å². The Morgan fingerprint density at radius 2 is 2.25 bits per heavy atom. The van der Waals surface area contributed by atoms with Crippen molar-refractivity contribution in [2.24, 2.45) is 0 Å². The summed E-state index contributed by atoms with van der Waals surface area (Å²) in [5.74, 6) is 1.02. The number of thioether (sulfide) groups is 1. The lowest BCUT2D eigenvalue weighted by atomic mass is 10.2. The predicted molar refractivity (Wildman–Crippen MR) is 64.3 cm³/mol. The Labute approximate surface area is 99.9 Å². The van der Waals surface area contributed by atoms with E-state index in [1.807, 2.05) is 6.08 Å². The molecule has 0 atom stereocenters. The molecule has 0 fully saturated rings. The summed E-state index contributed by atoms with van der Waals surface area (Å²) in [5, 5.41) is 20.9. The number of aliphatic hydroxyl groups is 1. The van der Waals surface area contributed by atoms with E-state index in [0.717, 1.165) is 23.8 Å². The van der Waals surface area contributed by atoms with Gasteiger partial charge in [0.05, 0.1) is 13.2 Å². The van der Waals surface area contributed by atoms with E-state index in [2.05, 4.69) is 22.1 Å². The van der Waals surface area contributed by atoms with Crippen LogP contribution in [0.3, 0.4) is 0 Å². The topological polar surface area (TPSA) is 63.8 Å². The molecule has 1 N–H and O–H groups in total. The predicted octanol–water partition coefficient (Wildman–Crippen LogP) is 1.50. The fraction of sp³-hybridized carbons (Fsp3) is 0.700. The van der Waals surface area contributed by atoms with Gasteiger partial charge in [0.25, 0.3) is 0 Å². The van der Waals surface area contributed by atoms with E-state index in [-0.39, 0.29) is 6.61 Å². The molecule has 0 saturated heterocycles. The van der Waals surface area contributed by atoms with Crippen LogP contribution in [0.15, 0.2) is 17.8 Å². The van der Waals surface area contributed by atoms with Crippen molar-refractivity contribution in [1.29, 1.82) is 0 Å². The fourth-order valence-corrected chi connectivity index (χ4v) is 2.17. The van der Waals surface area contributed by atoms with Crippen molar-refractivity contribution in [3.05, 3.63) is 12.7 Å². The van der Waals surface area contributed by atoms with Crippen LogP contribution in [-0.2, 0) is 6.54 Å². The average molecular weight is 242 g/mol. The van der Waals surface area contributed by atoms with Crippen molar-refractivity contribution in [2.75, 3.05) is 12.4 Å². The Morgan fingerprint density at radius 3 is 3.00 bits per heavy atom. The van der Waals surface area contributed by atoms with Crippen LogP contribution in [0.5, 0.6) is 0 Å². The van der Waals surface area contributed by atoms with E-state index in [4.69, 9.17) is 5.11 Å². The summed E-state index contributed by atoms with van der Waals surface area (Å²) in [6.07, 6.45) is 6.61. The summed E-state index contributed by atoms with van der Waals surface area (Å²) in [4.78, 5) is 0. The molecule has 0 saturated carbocycles. The fourth-order valence-electron chi connectivity index (χ4n) is 1.27. The number of hydrogen-bond donors (Lipinski definition) is 1. The summed E-state index contributed by atoms with van der Waals surface area (Å²) < 4.78 is 1.63. The maximum absolute atomic E-state index is 8.80. The summed E-state index contributed by atoms with van der Waals surface area (Å²) in [5.41, 5.74) is 0. The van der Waals surface area contributed by atoms with Gasteiger partial charge in [0.1, 0.15) is 0 Å². The van der Waals surface area contributed by atoms with E-state index in [0.29, 0.717) is 6.54 Å². The molecule has 0 amide bonds. The number of unbranched alkanes of at least 4 members (excludes halogenated alkanes) is 3. The number of aromatic nitrogens is 4. The summed E-state index contributed by atoms with van der Waals surface area (Å²) >= 11 is 1.64. The highest BCUT2D eigenvalue weighted by atomic mass is 32.2. The van der Waals surface area contributed by atoms with Gasteiger partial charge in [-0.05, 0) is 29.7 Å². The smallest absolute Gasteiger partial charge is 0.209 e. The molecule has 90 valence electrons. The van der Waals surface area contributed by atoms with Crippen molar-refractivity contribution in [1.82, 2.24) is 20.2 Å². The molecule has 1 rings (SSSR count). The quantitative estimate of drug-likeness (QED) is 0.404. The van der Waals surface area contributed by atoms with Crippen molar-refractivity contribution < 1.29 is 5.11 Å². The summed E-state index contributed by atoms with van der Waals surface area (Å²) in [6.45, 7) is 4.22. The number of rotatable bonds is 9. The third-order valence-electron chi connectivity index (χ3n) is 2.09. The van der Waals surface area contributed by atoms with Crippen molar-refractivity contribution in [3.63, 3.8) is 0 Å². The number of hydrogen-bond acceptors (Lipinski definition) is 5. The first-order chi connectivity index (χ1) is 7.88. The molecule has 1 aromatic heterocycles. The van der Waals surface area contributed by atoms with Gasteiger partial charge in [-0.1, -0.05) is 24.3 Å². The summed E-state index contributed by atoms with van der Waals surface area (Å²) in [7, 11) is 0. The van der Waals surface area contributed by atoms with Crippen LogP contribution >= 0.6 is 11.8 Å². The third kappa shape index (κ3) is 4.76. The molecule has 0 aliphatic carbocycles. The molecular weight excluding hydrogens is 224 g/mol. The zero-order valence-electron chi connectivity index (χ0n) is 9.38. The standard InChI is InChI=1S/C10H18N4OS/c1-2-3-4-5-6-9-16-10-11-12-13-14(10)7-8-15/h2,15H,1,3-9H2. The van der Waals surface area contributed by atoms with Gasteiger partial charge in [0, 0.05) is 5.75 Å². The third-order valence-corrected chi connectivity index (χ3v) is 3.14. The van der Waals surface area contributed by atoms with E-state index in [1.165, 1.54) is 12.8 Å². The van der Waals surface area contributed by atoms with Gasteiger partial charge in [0.2, 0.25) is 5.16 Å². The molecule has 0 radical (unpaired) electrons. The van der Waals surface area contributed by atoms with Crippen molar-refractivity contribution >= 4 is 11.8 Å². The van der Waals surface area contributed by atoms with Crippen LogP contribution in [-0.4, -0.2) is 37.7 Å². The number of aliphatic hydroxyl groups excluding tert-OH is 1. The maximum Gasteiger partial charge on any atom is 0.209 e. The normalized spacial score (nSPS) is 10.6. The number of allylic oxidation sites excluding steroid dienone is 1. The molecule has 16 heavy (non-hydrogen) atoms. The Balaban J connectivity index is 2.16. The molecule has 0 spiro atoms. The van der Waals surface area contributed by atoms with Gasteiger partial charge in [-0.15, -0.1) is 11.7 Å². The van der Waals surface area contributed by atoms with E-state index in [9.17, 15) is 0 Å². The maximum atomic E-state index is 8.80. The van der Waals surface area contributed by atoms with Crippen LogP contribution < -0.4 is 0 Å². The lowest BCUT2D eigenvalue weighted by Gasteiger charge is -2.01. The Kier molecular flexibility index (Phi) is 6.83. The molecular formula is C10H18N4OS. The van der Waals surface area contributed by atoms with E-state index < -0.39 is 0 Å². The molecule has 0 aliphatic rings. The molecule has 1 heterocycles. The van der Waals surface area contributed by atoms with Gasteiger partial charge in [0.15, 0.2) is 0 Å². The molecule has 0 unspecified atom stereocenters. The monoisotopic (exact) mass is 242 g/mol. The zero-order chi connectivity index (χ0) is 11.6. The first-order valence-electron chi connectivity index (χ1n) is 5.49.